The summed E-state index contributed by atoms with van der Waals surface area (Å²) in [4.78, 5) is 20.3. The summed E-state index contributed by atoms with van der Waals surface area (Å²) in [5, 5.41) is 0. The van der Waals surface area contributed by atoms with Crippen molar-refractivity contribution in [2.45, 2.75) is 0 Å². The summed E-state index contributed by atoms with van der Waals surface area (Å²) in [7, 11) is 0. The van der Waals surface area contributed by atoms with Crippen molar-refractivity contribution in [3.63, 3.8) is 0 Å². The minimum atomic E-state index is -0.239. The second-order valence-electron chi connectivity index (χ2n) is 3.94. The maximum Gasteiger partial charge on any atom is 0.271 e. The molecule has 19 heavy (non-hydrogen) atoms. The van der Waals surface area contributed by atoms with Gasteiger partial charge in [-0.05, 0) is 34.1 Å². The molecule has 3 aromatic rings. The summed E-state index contributed by atoms with van der Waals surface area (Å²) in [6.45, 7) is 0. The first-order valence-electron chi connectivity index (χ1n) is 5.58. The Hall–Kier alpha value is -2.21. The van der Waals surface area contributed by atoms with Crippen LogP contribution in [0.2, 0.25) is 0 Å². The van der Waals surface area contributed by atoms with Crippen molar-refractivity contribution in [1.29, 1.82) is 0 Å². The highest BCUT2D eigenvalue weighted by Crippen LogP contribution is 2.12. The number of aromatic nitrogens is 3. The van der Waals surface area contributed by atoms with Crippen LogP contribution in [0.25, 0.3) is 11.0 Å². The number of amides is 1. The minimum absolute atomic E-state index is 0.239. The van der Waals surface area contributed by atoms with Crippen LogP contribution in [0.15, 0.2) is 53.5 Å². The summed E-state index contributed by atoms with van der Waals surface area (Å²) < 4.78 is 2.36. The van der Waals surface area contributed by atoms with E-state index in [4.69, 9.17) is 0 Å². The topological polar surface area (TPSA) is 59.8 Å². The van der Waals surface area contributed by atoms with Crippen molar-refractivity contribution in [1.82, 2.24) is 14.6 Å². The van der Waals surface area contributed by atoms with Crippen molar-refractivity contribution in [3.8, 4) is 0 Å². The number of pyridine rings is 1. The number of halogens is 1. The standard InChI is InChI=1S/C13H9BrN4O/c14-10-5-9(6-15-7-10)13(19)17-18-8-16-11-3-1-2-4-12(11)18/h1-8H,(H,17,19). The molecule has 94 valence electrons. The molecule has 2 heterocycles. The first-order chi connectivity index (χ1) is 9.24. The van der Waals surface area contributed by atoms with Crippen LogP contribution in [-0.2, 0) is 0 Å². The molecule has 2 aromatic heterocycles. The van der Waals surface area contributed by atoms with Gasteiger partial charge in [0.25, 0.3) is 5.91 Å². The Labute approximate surface area is 117 Å². The normalized spacial score (nSPS) is 10.6. The van der Waals surface area contributed by atoms with Gasteiger partial charge in [0, 0.05) is 16.9 Å². The highest BCUT2D eigenvalue weighted by molar-refractivity contribution is 9.10. The van der Waals surface area contributed by atoms with E-state index in [9.17, 15) is 4.79 Å². The van der Waals surface area contributed by atoms with Gasteiger partial charge in [-0.15, -0.1) is 0 Å². The van der Waals surface area contributed by atoms with Crippen LogP contribution in [0.3, 0.4) is 0 Å². The third-order valence-corrected chi connectivity index (χ3v) is 3.08. The second kappa shape index (κ2) is 4.81. The van der Waals surface area contributed by atoms with E-state index in [-0.39, 0.29) is 5.91 Å². The van der Waals surface area contributed by atoms with Crippen LogP contribution < -0.4 is 5.43 Å². The lowest BCUT2D eigenvalue weighted by Gasteiger charge is -2.06. The maximum absolute atomic E-state index is 12.1. The summed E-state index contributed by atoms with van der Waals surface area (Å²) in [6.07, 6.45) is 4.72. The Bertz CT molecular complexity index is 753. The molecule has 0 spiro atoms. The van der Waals surface area contributed by atoms with Crippen LogP contribution in [0, 0.1) is 0 Å². The zero-order valence-electron chi connectivity index (χ0n) is 9.75. The maximum atomic E-state index is 12.1. The molecular weight excluding hydrogens is 308 g/mol. The molecule has 0 fully saturated rings. The van der Waals surface area contributed by atoms with Crippen LogP contribution >= 0.6 is 15.9 Å². The molecule has 0 aliphatic carbocycles. The van der Waals surface area contributed by atoms with Gasteiger partial charge in [0.05, 0.1) is 16.6 Å². The predicted molar refractivity (Wildman–Crippen MR) is 75.4 cm³/mol. The molecular formula is C13H9BrN4O. The Morgan fingerprint density at radius 2 is 2.11 bits per heavy atom. The van der Waals surface area contributed by atoms with E-state index in [1.807, 2.05) is 24.3 Å². The Morgan fingerprint density at radius 1 is 1.26 bits per heavy atom. The number of carbonyl (C=O) groups excluding carboxylic acids is 1. The smallest absolute Gasteiger partial charge is 0.267 e. The Kier molecular flexibility index (Phi) is 3.00. The van der Waals surface area contributed by atoms with E-state index in [1.165, 1.54) is 6.20 Å². The van der Waals surface area contributed by atoms with Crippen LogP contribution in [0.1, 0.15) is 10.4 Å². The summed E-state index contributed by atoms with van der Waals surface area (Å²) in [6, 6.07) is 9.29. The third-order valence-electron chi connectivity index (χ3n) is 2.64. The Balaban J connectivity index is 1.91. The molecule has 0 aliphatic rings. The van der Waals surface area contributed by atoms with E-state index < -0.39 is 0 Å². The fourth-order valence-electron chi connectivity index (χ4n) is 1.76. The van der Waals surface area contributed by atoms with Gasteiger partial charge < -0.3 is 0 Å². The average Bonchev–Trinajstić information content (AvgIpc) is 2.82. The summed E-state index contributed by atoms with van der Waals surface area (Å²) >= 11 is 3.29. The number of benzene rings is 1. The minimum Gasteiger partial charge on any atom is -0.267 e. The first-order valence-corrected chi connectivity index (χ1v) is 6.37. The van der Waals surface area contributed by atoms with Gasteiger partial charge in [0.2, 0.25) is 0 Å². The number of fused-ring (bicyclic) bond motifs is 1. The average molecular weight is 317 g/mol. The van der Waals surface area contributed by atoms with E-state index in [0.717, 1.165) is 15.5 Å². The van der Waals surface area contributed by atoms with Crippen molar-refractivity contribution in [3.05, 3.63) is 59.1 Å². The fourth-order valence-corrected chi connectivity index (χ4v) is 2.12. The van der Waals surface area contributed by atoms with Gasteiger partial charge in [0.1, 0.15) is 6.33 Å². The largest absolute Gasteiger partial charge is 0.271 e. The van der Waals surface area contributed by atoms with Crippen molar-refractivity contribution in [2.24, 2.45) is 0 Å². The lowest BCUT2D eigenvalue weighted by atomic mass is 10.3. The molecule has 0 atom stereocenters. The number of imidazole rings is 1. The van der Waals surface area contributed by atoms with Gasteiger partial charge in [-0.3, -0.25) is 15.2 Å². The second-order valence-corrected chi connectivity index (χ2v) is 4.85. The number of hydrogen-bond donors (Lipinski definition) is 1. The molecule has 0 saturated carbocycles. The third kappa shape index (κ3) is 2.34. The fraction of sp³-hybridized carbons (Fsp3) is 0. The lowest BCUT2D eigenvalue weighted by molar-refractivity contribution is 0.101. The first kappa shape index (κ1) is 11.9. The molecule has 0 unspecified atom stereocenters. The van der Waals surface area contributed by atoms with E-state index in [2.05, 4.69) is 31.3 Å². The molecule has 0 aliphatic heterocycles. The number of nitrogens with zero attached hydrogens (tertiary/aromatic N) is 3. The van der Waals surface area contributed by atoms with E-state index in [1.54, 1.807) is 23.3 Å². The van der Waals surface area contributed by atoms with Gasteiger partial charge in [0.15, 0.2) is 0 Å². The van der Waals surface area contributed by atoms with Crippen molar-refractivity contribution < 1.29 is 4.79 Å². The van der Waals surface area contributed by atoms with Gasteiger partial charge in [-0.2, -0.15) is 0 Å². The number of rotatable bonds is 2. The predicted octanol–water partition coefficient (Wildman–Crippen LogP) is 2.58. The summed E-state index contributed by atoms with van der Waals surface area (Å²) in [5.41, 5.74) is 4.92. The number of para-hydroxylation sites is 2. The highest BCUT2D eigenvalue weighted by atomic mass is 79.9. The quantitative estimate of drug-likeness (QED) is 0.790. The number of carbonyl (C=O) groups is 1. The molecule has 0 radical (unpaired) electrons. The van der Waals surface area contributed by atoms with Crippen molar-refractivity contribution in [2.75, 3.05) is 5.43 Å². The molecule has 0 bridgehead atoms. The summed E-state index contributed by atoms with van der Waals surface area (Å²) in [5.74, 6) is -0.239. The van der Waals surface area contributed by atoms with Crippen LogP contribution in [0.5, 0.6) is 0 Å². The van der Waals surface area contributed by atoms with Gasteiger partial charge in [-0.25, -0.2) is 9.66 Å². The molecule has 0 saturated heterocycles. The lowest BCUT2D eigenvalue weighted by Crippen LogP contribution is -2.22. The molecule has 5 nitrogen and oxygen atoms in total. The molecule has 1 N–H and O–H groups in total. The SMILES string of the molecule is O=C(Nn1cnc2ccccc21)c1cncc(Br)c1. The molecule has 1 amide bonds. The van der Waals surface area contributed by atoms with Crippen LogP contribution in [-0.4, -0.2) is 20.6 Å². The van der Waals surface area contributed by atoms with Crippen molar-refractivity contribution >= 4 is 32.9 Å². The molecule has 3 rings (SSSR count). The number of nitrogens with one attached hydrogen (secondary N) is 1. The Morgan fingerprint density at radius 3 is 2.95 bits per heavy atom. The monoisotopic (exact) mass is 316 g/mol. The van der Waals surface area contributed by atoms with E-state index in [0.29, 0.717) is 5.56 Å². The van der Waals surface area contributed by atoms with E-state index >= 15 is 0 Å². The number of hydrogen-bond acceptors (Lipinski definition) is 3. The zero-order chi connectivity index (χ0) is 13.2. The molecule has 1 aromatic carbocycles. The molecule has 6 heteroatoms. The van der Waals surface area contributed by atoms with Gasteiger partial charge >= 0.3 is 0 Å². The van der Waals surface area contributed by atoms with Crippen LogP contribution in [0.4, 0.5) is 0 Å². The highest BCUT2D eigenvalue weighted by Gasteiger charge is 2.08. The zero-order valence-corrected chi connectivity index (χ0v) is 11.3. The van der Waals surface area contributed by atoms with Gasteiger partial charge in [-0.1, -0.05) is 12.1 Å².